The number of rotatable bonds is 5. The maximum Gasteiger partial charge on any atom is 2.00 e. The first-order chi connectivity index (χ1) is 11.2. The van der Waals surface area contributed by atoms with E-state index < -0.39 is 46.1 Å². The zero-order chi connectivity index (χ0) is 18.0. The van der Waals surface area contributed by atoms with E-state index in [1.165, 1.54) is 12.1 Å². The van der Waals surface area contributed by atoms with E-state index in [0.29, 0.717) is 0 Å². The Morgan fingerprint density at radius 3 is 1.00 bits per heavy atom. The van der Waals surface area contributed by atoms with Crippen LogP contribution in [0.15, 0.2) is 36.4 Å². The van der Waals surface area contributed by atoms with E-state index in [9.17, 15) is 29.4 Å². The number of hydrogen-bond donors (Lipinski definition) is 2. The first-order valence-corrected chi connectivity index (χ1v) is 6.40. The third-order valence-electron chi connectivity index (χ3n) is 3.27. The molecule has 0 bridgehead atoms. The van der Waals surface area contributed by atoms with Gasteiger partial charge in [-0.3, -0.25) is 0 Å². The monoisotopic (exact) mass is 501 g/mol. The van der Waals surface area contributed by atoms with Crippen molar-refractivity contribution in [2.45, 2.75) is 0 Å². The van der Waals surface area contributed by atoms with Gasteiger partial charge < -0.3 is 62.9 Å². The van der Waals surface area contributed by atoms with Gasteiger partial charge in [-0.05, 0) is 35.4 Å². The van der Waals surface area contributed by atoms with Gasteiger partial charge in [0.2, 0.25) is 0 Å². The molecule has 31 heavy (non-hydrogen) atoms. The summed E-state index contributed by atoms with van der Waals surface area (Å²) in [6.07, 6.45) is 0. The van der Waals surface area contributed by atoms with Crippen LogP contribution in [0.5, 0.6) is 0 Å². The SMILES string of the molecule is O=C([O-])c1cc(-c2ccc(C(=O)O)c(C(=O)[O-])c2)ccc1C(=O)O.[Co+2].[OH3+].[OH3+].[OH3+].[OH3+].[OH3+].[OH3+]. The predicted molar refractivity (Wildman–Crippen MR) is 104 cm³/mol. The van der Waals surface area contributed by atoms with E-state index in [1.54, 1.807) is 0 Å². The molecule has 177 valence electrons. The van der Waals surface area contributed by atoms with Gasteiger partial charge in [0.15, 0.2) is 0 Å². The molecule has 0 saturated carbocycles. The molecule has 0 fully saturated rings. The third kappa shape index (κ3) is 8.86. The van der Waals surface area contributed by atoms with Crippen LogP contribution in [0.25, 0.3) is 11.1 Å². The number of carbonyl (C=O) groups excluding carboxylic acids is 2. The molecule has 0 saturated heterocycles. The van der Waals surface area contributed by atoms with E-state index in [2.05, 4.69) is 0 Å². The summed E-state index contributed by atoms with van der Waals surface area (Å²) in [6, 6.07) is 6.62. The number of hydrogen-bond acceptors (Lipinski definition) is 6. The molecule has 15 heteroatoms. The van der Waals surface area contributed by atoms with E-state index in [0.717, 1.165) is 24.3 Å². The Bertz CT molecular complexity index is 822. The van der Waals surface area contributed by atoms with E-state index in [-0.39, 0.29) is 60.8 Å². The van der Waals surface area contributed by atoms with Crippen LogP contribution in [0.2, 0.25) is 0 Å². The van der Waals surface area contributed by atoms with E-state index in [4.69, 9.17) is 10.2 Å². The fraction of sp³-hybridized carbons (Fsp3) is 0. The fourth-order valence-electron chi connectivity index (χ4n) is 2.16. The van der Waals surface area contributed by atoms with Gasteiger partial charge in [-0.25, -0.2) is 9.59 Å². The molecule has 2 aromatic carbocycles. The third-order valence-corrected chi connectivity index (χ3v) is 3.27. The van der Waals surface area contributed by atoms with Gasteiger partial charge in [0, 0.05) is 11.1 Å². The van der Waals surface area contributed by atoms with Crippen LogP contribution in [0.4, 0.5) is 0 Å². The molecule has 14 nitrogen and oxygen atoms in total. The number of aromatic carboxylic acids is 4. The van der Waals surface area contributed by atoms with Crippen molar-refractivity contribution in [3.05, 3.63) is 58.7 Å². The summed E-state index contributed by atoms with van der Waals surface area (Å²) in [6.45, 7) is 0. The van der Waals surface area contributed by atoms with Crippen LogP contribution in [0, 0.1) is 0 Å². The summed E-state index contributed by atoms with van der Waals surface area (Å²) >= 11 is 0. The Hall–Kier alpha value is -3.41. The minimum atomic E-state index is -1.71. The van der Waals surface area contributed by atoms with Crippen LogP contribution < -0.4 is 10.2 Å². The second-order valence-electron chi connectivity index (χ2n) is 4.71. The summed E-state index contributed by atoms with van der Waals surface area (Å²) in [7, 11) is 0. The maximum absolute atomic E-state index is 11.1. The Morgan fingerprint density at radius 1 is 0.548 bits per heavy atom. The Balaban J connectivity index is -0.000000223. The minimum Gasteiger partial charge on any atom is -0.545 e. The zero-order valence-corrected chi connectivity index (χ0v) is 16.6. The van der Waals surface area contributed by atoms with Crippen molar-refractivity contribution in [3.8, 4) is 11.1 Å². The van der Waals surface area contributed by atoms with Gasteiger partial charge in [-0.2, -0.15) is 0 Å². The second kappa shape index (κ2) is 16.4. The smallest absolute Gasteiger partial charge is 0.545 e. The fourth-order valence-corrected chi connectivity index (χ4v) is 2.16. The molecule has 0 unspecified atom stereocenters. The first-order valence-electron chi connectivity index (χ1n) is 6.40. The molecule has 20 N–H and O–H groups in total. The molecule has 0 atom stereocenters. The molecule has 1 radical (unpaired) electrons. The van der Waals surface area contributed by atoms with Crippen molar-refractivity contribution in [1.82, 2.24) is 0 Å². The Labute approximate surface area is 183 Å². The maximum atomic E-state index is 11.1. The summed E-state index contributed by atoms with van der Waals surface area (Å²) in [4.78, 5) is 44.1. The predicted octanol–water partition coefficient (Wildman–Crippen LogP) is -6.06. The van der Waals surface area contributed by atoms with Crippen molar-refractivity contribution in [2.24, 2.45) is 0 Å². The van der Waals surface area contributed by atoms with Crippen LogP contribution in [0.3, 0.4) is 0 Å². The first kappa shape index (κ1) is 41.8. The van der Waals surface area contributed by atoms with Gasteiger partial charge in [-0.1, -0.05) is 12.1 Å². The average molecular weight is 501 g/mol. The van der Waals surface area contributed by atoms with Gasteiger partial charge >= 0.3 is 28.7 Å². The number of carboxylic acid groups (broad SMARTS) is 4. The van der Waals surface area contributed by atoms with Crippen molar-refractivity contribution in [1.29, 1.82) is 0 Å². The summed E-state index contributed by atoms with van der Waals surface area (Å²) in [5.74, 6) is -6.34. The van der Waals surface area contributed by atoms with Crippen molar-refractivity contribution in [2.75, 3.05) is 0 Å². The van der Waals surface area contributed by atoms with Crippen molar-refractivity contribution >= 4 is 23.9 Å². The standard InChI is InChI=1S/C16H10O8.Co.6H2O/c17-13(18)9-3-1-7(5-11(9)15(21)22)8-2-4-10(14(19)20)12(6-8)16(23)24;;;;;;;/h1-6H,(H,17,18)(H,19,20)(H,21,22)(H,23,24);;6*1H2/q;+2;;;;;;/p+4. The van der Waals surface area contributed by atoms with Crippen LogP contribution in [-0.2, 0) is 49.6 Å². The van der Waals surface area contributed by atoms with Crippen molar-refractivity contribution in [3.63, 3.8) is 0 Å². The molecular weight excluding hydrogens is 475 g/mol. The number of carboxylic acids is 4. The van der Waals surface area contributed by atoms with Crippen molar-refractivity contribution < 1.29 is 89.2 Å². The van der Waals surface area contributed by atoms with E-state index in [1.807, 2.05) is 0 Å². The topological polar surface area (TPSA) is 353 Å². The molecule has 0 heterocycles. The van der Waals surface area contributed by atoms with Gasteiger partial charge in [0.25, 0.3) is 0 Å². The van der Waals surface area contributed by atoms with Gasteiger partial charge in [0.1, 0.15) is 0 Å². The molecule has 0 amide bonds. The normalized spacial score (nSPS) is 7.87. The molecule has 0 aliphatic heterocycles. The van der Waals surface area contributed by atoms with E-state index >= 15 is 0 Å². The molecular formula is C16H26CoO14+6. The number of carbonyl (C=O) groups is 4. The average Bonchev–Trinajstić information content (AvgIpc) is 2.53. The van der Waals surface area contributed by atoms with Gasteiger partial charge in [0.05, 0.1) is 23.1 Å². The molecule has 2 rings (SSSR count). The van der Waals surface area contributed by atoms with Crippen LogP contribution >= 0.6 is 0 Å². The number of benzene rings is 2. The zero-order valence-electron chi connectivity index (χ0n) is 15.6. The molecule has 0 aliphatic carbocycles. The molecule has 0 aliphatic rings. The Morgan fingerprint density at radius 2 is 0.806 bits per heavy atom. The second-order valence-corrected chi connectivity index (χ2v) is 4.71. The molecule has 2 aromatic rings. The van der Waals surface area contributed by atoms with Crippen LogP contribution in [-0.4, -0.2) is 34.1 Å². The Kier molecular flexibility index (Phi) is 22.1. The quantitative estimate of drug-likeness (QED) is 0.370. The molecule has 0 spiro atoms. The van der Waals surface area contributed by atoms with Gasteiger partial charge in [-0.15, -0.1) is 0 Å². The minimum absolute atomic E-state index is 0. The largest absolute Gasteiger partial charge is 2.00 e. The molecule has 0 aromatic heterocycles. The summed E-state index contributed by atoms with van der Waals surface area (Å²) in [5, 5.41) is 40.0. The van der Waals surface area contributed by atoms with Crippen LogP contribution in [0.1, 0.15) is 41.4 Å². The summed E-state index contributed by atoms with van der Waals surface area (Å²) in [5.41, 5.74) is -1.78. The summed E-state index contributed by atoms with van der Waals surface area (Å²) < 4.78 is 0.